The summed E-state index contributed by atoms with van der Waals surface area (Å²) in [5.74, 6) is -0.642. The van der Waals surface area contributed by atoms with E-state index in [-0.39, 0.29) is 11.5 Å². The molecule has 4 nitrogen and oxygen atoms in total. The molecule has 2 heterocycles. The predicted octanol–water partition coefficient (Wildman–Crippen LogP) is 3.14. The number of hydrogen-bond acceptors (Lipinski definition) is 3. The highest BCUT2D eigenvalue weighted by atomic mass is 19.4. The van der Waals surface area contributed by atoms with E-state index in [0.29, 0.717) is 11.3 Å². The minimum Gasteiger partial charge on any atom is -0.367 e. The van der Waals surface area contributed by atoms with Gasteiger partial charge in [0, 0.05) is 11.6 Å². The molecule has 0 aliphatic rings. The van der Waals surface area contributed by atoms with E-state index in [4.69, 9.17) is 5.73 Å². The van der Waals surface area contributed by atoms with E-state index in [1.165, 1.54) is 28.9 Å². The second-order valence-corrected chi connectivity index (χ2v) is 4.37. The third-order valence-corrected chi connectivity index (χ3v) is 2.99. The van der Waals surface area contributed by atoms with Crippen molar-refractivity contribution in [3.8, 4) is 11.3 Å². The number of aromatic nitrogens is 3. The molecule has 0 atom stereocenters. The van der Waals surface area contributed by atoms with Crippen LogP contribution in [-0.4, -0.2) is 14.6 Å². The Morgan fingerprint density at radius 3 is 2.38 bits per heavy atom. The molecule has 0 bridgehead atoms. The fraction of sp³-hybridized carbons (Fsp3) is 0.0769. The maximum Gasteiger partial charge on any atom is 0.416 e. The van der Waals surface area contributed by atoms with Crippen molar-refractivity contribution in [3.63, 3.8) is 0 Å². The fourth-order valence-corrected chi connectivity index (χ4v) is 2.00. The minimum absolute atomic E-state index is 0.0636. The van der Waals surface area contributed by atoms with Crippen molar-refractivity contribution in [2.75, 3.05) is 5.73 Å². The molecular weight excluding hydrogens is 288 g/mol. The molecule has 3 rings (SSSR count). The van der Waals surface area contributed by atoms with Gasteiger partial charge in [-0.25, -0.2) is 13.9 Å². The van der Waals surface area contributed by atoms with Crippen LogP contribution in [0.15, 0.2) is 36.5 Å². The highest BCUT2D eigenvalue weighted by molar-refractivity contribution is 5.67. The summed E-state index contributed by atoms with van der Waals surface area (Å²) >= 11 is 0. The Kier molecular flexibility index (Phi) is 2.82. The van der Waals surface area contributed by atoms with Crippen molar-refractivity contribution in [1.29, 1.82) is 0 Å². The van der Waals surface area contributed by atoms with E-state index in [0.717, 1.165) is 12.1 Å². The predicted molar refractivity (Wildman–Crippen MR) is 67.8 cm³/mol. The second-order valence-electron chi connectivity index (χ2n) is 4.37. The quantitative estimate of drug-likeness (QED) is 0.702. The minimum atomic E-state index is -4.42. The third-order valence-electron chi connectivity index (χ3n) is 2.99. The maximum absolute atomic E-state index is 13.8. The third kappa shape index (κ3) is 2.28. The molecule has 2 N–H and O–H groups in total. The largest absolute Gasteiger partial charge is 0.416 e. The van der Waals surface area contributed by atoms with Crippen LogP contribution in [0.5, 0.6) is 0 Å². The van der Waals surface area contributed by atoms with Gasteiger partial charge in [0.05, 0.1) is 17.5 Å². The summed E-state index contributed by atoms with van der Waals surface area (Å²) in [7, 11) is 0. The molecule has 0 fully saturated rings. The van der Waals surface area contributed by atoms with Gasteiger partial charge in [0.25, 0.3) is 0 Å². The van der Waals surface area contributed by atoms with Gasteiger partial charge < -0.3 is 5.73 Å². The summed E-state index contributed by atoms with van der Waals surface area (Å²) in [6.07, 6.45) is -3.21. The molecule has 0 amide bonds. The maximum atomic E-state index is 13.8. The van der Waals surface area contributed by atoms with Gasteiger partial charge in [0.15, 0.2) is 5.82 Å². The average molecular weight is 296 g/mol. The number of nitrogens with two attached hydrogens (primary N) is 1. The van der Waals surface area contributed by atoms with Crippen molar-refractivity contribution in [3.05, 3.63) is 47.9 Å². The van der Waals surface area contributed by atoms with E-state index >= 15 is 0 Å². The first-order valence-corrected chi connectivity index (χ1v) is 5.83. The first-order chi connectivity index (χ1) is 9.86. The second kappa shape index (κ2) is 4.44. The Morgan fingerprint density at radius 1 is 1.10 bits per heavy atom. The van der Waals surface area contributed by atoms with Crippen molar-refractivity contribution in [2.45, 2.75) is 6.18 Å². The van der Waals surface area contributed by atoms with Crippen molar-refractivity contribution in [1.82, 2.24) is 14.6 Å². The molecule has 0 saturated heterocycles. The van der Waals surface area contributed by atoms with Crippen molar-refractivity contribution in [2.24, 2.45) is 0 Å². The van der Waals surface area contributed by atoms with E-state index in [1.807, 2.05) is 0 Å². The lowest BCUT2D eigenvalue weighted by Crippen LogP contribution is -2.04. The average Bonchev–Trinajstić information content (AvgIpc) is 2.75. The zero-order valence-corrected chi connectivity index (χ0v) is 10.4. The van der Waals surface area contributed by atoms with Gasteiger partial charge >= 0.3 is 6.18 Å². The zero-order valence-electron chi connectivity index (χ0n) is 10.4. The van der Waals surface area contributed by atoms with Gasteiger partial charge in [-0.05, 0) is 12.1 Å². The molecule has 0 spiro atoms. The van der Waals surface area contributed by atoms with Crippen LogP contribution in [-0.2, 0) is 6.18 Å². The van der Waals surface area contributed by atoms with Crippen LogP contribution in [0.25, 0.3) is 16.8 Å². The first kappa shape index (κ1) is 13.3. The molecule has 0 unspecified atom stereocenters. The topological polar surface area (TPSA) is 56.2 Å². The molecule has 8 heteroatoms. The lowest BCUT2D eigenvalue weighted by Gasteiger charge is -2.07. The van der Waals surface area contributed by atoms with Crippen molar-refractivity contribution < 1.29 is 17.6 Å². The molecule has 0 radical (unpaired) electrons. The molecule has 3 aromatic rings. The van der Waals surface area contributed by atoms with Gasteiger partial charge in [-0.15, -0.1) is 5.10 Å². The van der Waals surface area contributed by atoms with Crippen LogP contribution in [0, 0.1) is 5.82 Å². The lowest BCUT2D eigenvalue weighted by molar-refractivity contribution is -0.137. The highest BCUT2D eigenvalue weighted by Crippen LogP contribution is 2.31. The number of halogens is 4. The number of fused-ring (bicyclic) bond motifs is 1. The molecule has 21 heavy (non-hydrogen) atoms. The number of alkyl halides is 3. The first-order valence-electron chi connectivity index (χ1n) is 5.83. The summed E-state index contributed by atoms with van der Waals surface area (Å²) in [6.45, 7) is 0. The molecule has 2 aromatic heterocycles. The molecular formula is C13H8F4N4. The zero-order chi connectivity index (χ0) is 15.2. The van der Waals surface area contributed by atoms with Gasteiger partial charge in [-0.2, -0.15) is 13.2 Å². The van der Waals surface area contributed by atoms with Crippen LogP contribution in [0.2, 0.25) is 0 Å². The van der Waals surface area contributed by atoms with Crippen LogP contribution in [0.4, 0.5) is 23.5 Å². The summed E-state index contributed by atoms with van der Waals surface area (Å²) in [6, 6.07) is 5.53. The van der Waals surface area contributed by atoms with Crippen molar-refractivity contribution >= 4 is 11.5 Å². The van der Waals surface area contributed by atoms with E-state index in [9.17, 15) is 17.6 Å². The Hall–Kier alpha value is -2.64. The normalized spacial score (nSPS) is 12.0. The monoisotopic (exact) mass is 296 g/mol. The summed E-state index contributed by atoms with van der Waals surface area (Å²) < 4.78 is 52.6. The summed E-state index contributed by atoms with van der Waals surface area (Å²) in [5, 5.41) is 3.87. The van der Waals surface area contributed by atoms with E-state index in [1.54, 1.807) is 0 Å². The number of rotatable bonds is 1. The summed E-state index contributed by atoms with van der Waals surface area (Å²) in [5.41, 5.74) is 5.45. The Bertz CT molecular complexity index is 805. The van der Waals surface area contributed by atoms with Gasteiger partial charge in [0.2, 0.25) is 5.95 Å². The smallest absolute Gasteiger partial charge is 0.367 e. The lowest BCUT2D eigenvalue weighted by atomic mass is 10.1. The number of nitrogens with zero attached hydrogens (tertiary/aromatic N) is 3. The Labute approximate surface area is 115 Å². The van der Waals surface area contributed by atoms with Gasteiger partial charge in [0.1, 0.15) is 5.52 Å². The van der Waals surface area contributed by atoms with Crippen LogP contribution in [0.1, 0.15) is 5.56 Å². The van der Waals surface area contributed by atoms with Crippen LogP contribution in [0.3, 0.4) is 0 Å². The molecule has 1 aromatic carbocycles. The Morgan fingerprint density at radius 2 is 1.76 bits per heavy atom. The standard InChI is InChI=1S/C13H8F4N4/c14-9-5-10(21-11(9)6-19-12(18)20-21)7-1-3-8(4-2-7)13(15,16)17/h1-6H,(H2,18,20). The molecule has 108 valence electrons. The van der Waals surface area contributed by atoms with E-state index in [2.05, 4.69) is 10.1 Å². The van der Waals surface area contributed by atoms with Crippen LogP contribution < -0.4 is 5.73 Å². The molecule has 0 aliphatic heterocycles. The highest BCUT2D eigenvalue weighted by Gasteiger charge is 2.30. The van der Waals surface area contributed by atoms with E-state index < -0.39 is 17.6 Å². The number of benzene rings is 1. The number of hydrogen-bond donors (Lipinski definition) is 1. The summed E-state index contributed by atoms with van der Waals surface area (Å²) in [4.78, 5) is 3.68. The number of nitrogen functional groups attached to an aromatic ring is 1. The fourth-order valence-electron chi connectivity index (χ4n) is 2.00. The molecule has 0 aliphatic carbocycles. The Balaban J connectivity index is 2.14. The van der Waals surface area contributed by atoms with Gasteiger partial charge in [-0.1, -0.05) is 12.1 Å². The van der Waals surface area contributed by atoms with Gasteiger partial charge in [-0.3, -0.25) is 0 Å². The van der Waals surface area contributed by atoms with Crippen LogP contribution >= 0.6 is 0 Å². The number of anilines is 1. The SMILES string of the molecule is Nc1ncc2c(F)cc(-c3ccc(C(F)(F)F)cc3)n2n1. The molecule has 0 saturated carbocycles.